The van der Waals surface area contributed by atoms with Crippen LogP contribution >= 0.6 is 0 Å². The van der Waals surface area contributed by atoms with Gasteiger partial charge in [0.2, 0.25) is 15.9 Å². The maximum Gasteiger partial charge on any atom is 0.416 e. The number of alkyl halides is 3. The van der Waals surface area contributed by atoms with Gasteiger partial charge < -0.3 is 10.6 Å². The molecule has 0 aliphatic rings. The molecule has 0 aliphatic carbocycles. The molecule has 0 unspecified atom stereocenters. The third-order valence-electron chi connectivity index (χ3n) is 4.46. The minimum atomic E-state index is -4.48. The molecule has 0 bridgehead atoms. The number of nitrogens with one attached hydrogen (secondary N) is 3. The van der Waals surface area contributed by atoms with Crippen molar-refractivity contribution in [2.75, 3.05) is 22.8 Å². The maximum atomic E-state index is 14.3. The molecular formula is C22H25F4N3O3S. The summed E-state index contributed by atoms with van der Waals surface area (Å²) in [5.74, 6) is -1.32. The standard InChI is InChI=1S/C22H25F4N3O3S/c1-4-9-27-19-12-17(22(24,25)26)7-5-16(19)6-8-20(30)28-13-15-10-14(2)21(18(23)11-15)29-33(3,31)32/h5-8,10-12,27,29H,4,9,13H2,1-3H3,(H,28,30)/b8-6-. The summed E-state index contributed by atoms with van der Waals surface area (Å²) in [6, 6.07) is 5.84. The number of carbonyl (C=O) groups is 1. The molecule has 0 spiro atoms. The number of carbonyl (C=O) groups excluding carboxylic acids is 1. The zero-order chi connectivity index (χ0) is 24.8. The highest BCUT2D eigenvalue weighted by atomic mass is 32.2. The number of anilines is 2. The highest BCUT2D eigenvalue weighted by molar-refractivity contribution is 7.92. The van der Waals surface area contributed by atoms with Gasteiger partial charge in [0, 0.05) is 24.9 Å². The SMILES string of the molecule is CCCNc1cc(C(F)(F)F)ccc1/C=C\C(=O)NCc1cc(C)c(NS(C)(=O)=O)c(F)c1. The van der Waals surface area contributed by atoms with Gasteiger partial charge in [0.1, 0.15) is 5.82 Å². The first kappa shape index (κ1) is 26.2. The molecule has 2 rings (SSSR count). The van der Waals surface area contributed by atoms with Gasteiger partial charge in [0.15, 0.2) is 0 Å². The van der Waals surface area contributed by atoms with Crippen LogP contribution < -0.4 is 15.4 Å². The van der Waals surface area contributed by atoms with Gasteiger partial charge in [-0.3, -0.25) is 9.52 Å². The summed E-state index contributed by atoms with van der Waals surface area (Å²) >= 11 is 0. The number of aryl methyl sites for hydroxylation is 1. The van der Waals surface area contributed by atoms with Crippen molar-refractivity contribution in [3.05, 3.63) is 64.5 Å². The van der Waals surface area contributed by atoms with Crippen LogP contribution in [-0.2, 0) is 27.5 Å². The average molecular weight is 488 g/mol. The van der Waals surface area contributed by atoms with E-state index in [0.717, 1.165) is 24.5 Å². The molecule has 0 aliphatic heterocycles. The van der Waals surface area contributed by atoms with Gasteiger partial charge in [-0.15, -0.1) is 0 Å². The lowest BCUT2D eigenvalue weighted by atomic mass is 10.1. The highest BCUT2D eigenvalue weighted by Gasteiger charge is 2.30. The van der Waals surface area contributed by atoms with Gasteiger partial charge in [-0.25, -0.2) is 12.8 Å². The zero-order valence-electron chi connectivity index (χ0n) is 18.3. The largest absolute Gasteiger partial charge is 0.416 e. The van der Waals surface area contributed by atoms with E-state index in [4.69, 9.17) is 0 Å². The molecule has 0 atom stereocenters. The molecule has 1 amide bonds. The number of amides is 1. The summed E-state index contributed by atoms with van der Waals surface area (Å²) in [4.78, 5) is 12.2. The number of hydrogen-bond acceptors (Lipinski definition) is 4. The van der Waals surface area contributed by atoms with Crippen molar-refractivity contribution in [3.8, 4) is 0 Å². The third kappa shape index (κ3) is 8.08. The fraction of sp³-hybridized carbons (Fsp3) is 0.318. The minimum absolute atomic E-state index is 0.0337. The van der Waals surface area contributed by atoms with Crippen molar-refractivity contribution >= 4 is 33.4 Å². The summed E-state index contributed by atoms with van der Waals surface area (Å²) in [5, 5.41) is 5.48. The first-order valence-electron chi connectivity index (χ1n) is 9.98. The zero-order valence-corrected chi connectivity index (χ0v) is 19.1. The van der Waals surface area contributed by atoms with E-state index in [1.54, 1.807) is 0 Å². The maximum absolute atomic E-state index is 14.3. The predicted molar refractivity (Wildman–Crippen MR) is 121 cm³/mol. The first-order valence-corrected chi connectivity index (χ1v) is 11.9. The number of hydrogen-bond donors (Lipinski definition) is 3. The number of benzene rings is 2. The molecule has 0 saturated carbocycles. The van der Waals surface area contributed by atoms with Crippen LogP contribution in [0.5, 0.6) is 0 Å². The summed E-state index contributed by atoms with van der Waals surface area (Å²) in [6.07, 6.45) is -0.316. The van der Waals surface area contributed by atoms with E-state index in [0.29, 0.717) is 29.7 Å². The topological polar surface area (TPSA) is 87.3 Å². The third-order valence-corrected chi connectivity index (χ3v) is 5.04. The molecule has 0 radical (unpaired) electrons. The number of halogens is 4. The molecule has 11 heteroatoms. The van der Waals surface area contributed by atoms with E-state index in [1.165, 1.54) is 31.2 Å². The Kier molecular flexibility index (Phi) is 8.48. The Bertz CT molecular complexity index is 1120. The lowest BCUT2D eigenvalue weighted by Gasteiger charge is -2.13. The van der Waals surface area contributed by atoms with Gasteiger partial charge in [0.25, 0.3) is 0 Å². The molecule has 0 heterocycles. The van der Waals surface area contributed by atoms with Gasteiger partial charge in [0.05, 0.1) is 17.5 Å². The summed E-state index contributed by atoms with van der Waals surface area (Å²) < 4.78 is 78.0. The Morgan fingerprint density at radius 1 is 1.15 bits per heavy atom. The van der Waals surface area contributed by atoms with Gasteiger partial charge in [-0.1, -0.05) is 19.1 Å². The summed E-state index contributed by atoms with van der Waals surface area (Å²) in [6.45, 7) is 3.83. The molecule has 6 nitrogen and oxygen atoms in total. The molecule has 0 aromatic heterocycles. The summed E-state index contributed by atoms with van der Waals surface area (Å²) in [7, 11) is -3.65. The Labute approximate surface area is 190 Å². The fourth-order valence-electron chi connectivity index (χ4n) is 2.94. The van der Waals surface area contributed by atoms with Gasteiger partial charge >= 0.3 is 6.18 Å². The highest BCUT2D eigenvalue weighted by Crippen LogP contribution is 2.32. The molecule has 0 saturated heterocycles. The Balaban J connectivity index is 2.11. The quantitative estimate of drug-likeness (QED) is 0.354. The number of rotatable bonds is 9. The van der Waals surface area contributed by atoms with E-state index >= 15 is 0 Å². The Hall–Kier alpha value is -3.08. The smallest absolute Gasteiger partial charge is 0.385 e. The second-order valence-electron chi connectivity index (χ2n) is 7.42. The second-order valence-corrected chi connectivity index (χ2v) is 9.17. The van der Waals surface area contributed by atoms with Crippen molar-refractivity contribution < 1.29 is 30.8 Å². The lowest BCUT2D eigenvalue weighted by Crippen LogP contribution is -2.20. The first-order chi connectivity index (χ1) is 15.3. The number of sulfonamides is 1. The normalized spacial score (nSPS) is 12.1. The monoisotopic (exact) mass is 487 g/mol. The van der Waals surface area contributed by atoms with Crippen LogP contribution in [-0.4, -0.2) is 27.1 Å². The van der Waals surface area contributed by atoms with Crippen LogP contribution in [0, 0.1) is 12.7 Å². The molecule has 2 aromatic carbocycles. The molecule has 33 heavy (non-hydrogen) atoms. The van der Waals surface area contributed by atoms with E-state index in [2.05, 4.69) is 15.4 Å². The van der Waals surface area contributed by atoms with E-state index < -0.39 is 33.5 Å². The van der Waals surface area contributed by atoms with Gasteiger partial charge in [-0.2, -0.15) is 13.2 Å². The average Bonchev–Trinajstić information content (AvgIpc) is 2.70. The lowest BCUT2D eigenvalue weighted by molar-refractivity contribution is -0.137. The van der Waals surface area contributed by atoms with Gasteiger partial charge in [-0.05, 0) is 54.3 Å². The van der Waals surface area contributed by atoms with Crippen molar-refractivity contribution in [3.63, 3.8) is 0 Å². The second kappa shape index (κ2) is 10.7. The van der Waals surface area contributed by atoms with E-state index in [-0.39, 0.29) is 17.9 Å². The van der Waals surface area contributed by atoms with Crippen LogP contribution in [0.2, 0.25) is 0 Å². The molecule has 0 fully saturated rings. The predicted octanol–water partition coefficient (Wildman–Crippen LogP) is 4.68. The van der Waals surface area contributed by atoms with E-state index in [1.807, 2.05) is 6.92 Å². The van der Waals surface area contributed by atoms with Crippen LogP contribution in [0.15, 0.2) is 36.4 Å². The molecule has 3 N–H and O–H groups in total. The molecule has 2 aromatic rings. The van der Waals surface area contributed by atoms with Crippen molar-refractivity contribution in [1.29, 1.82) is 0 Å². The summed E-state index contributed by atoms with van der Waals surface area (Å²) in [5.41, 5.74) is 0.449. The van der Waals surface area contributed by atoms with Crippen molar-refractivity contribution in [2.24, 2.45) is 0 Å². The van der Waals surface area contributed by atoms with Crippen LogP contribution in [0.4, 0.5) is 28.9 Å². The van der Waals surface area contributed by atoms with Crippen LogP contribution in [0.3, 0.4) is 0 Å². The van der Waals surface area contributed by atoms with Crippen LogP contribution in [0.1, 0.15) is 35.6 Å². The van der Waals surface area contributed by atoms with E-state index in [9.17, 15) is 30.8 Å². The molecular weight excluding hydrogens is 462 g/mol. The Morgan fingerprint density at radius 2 is 1.85 bits per heavy atom. The molecule has 180 valence electrons. The van der Waals surface area contributed by atoms with Crippen molar-refractivity contribution in [1.82, 2.24) is 5.32 Å². The Morgan fingerprint density at radius 3 is 2.42 bits per heavy atom. The van der Waals surface area contributed by atoms with Crippen molar-refractivity contribution in [2.45, 2.75) is 33.0 Å². The minimum Gasteiger partial charge on any atom is -0.385 e. The fourth-order valence-corrected chi connectivity index (χ4v) is 3.57. The van der Waals surface area contributed by atoms with Crippen LogP contribution in [0.25, 0.3) is 6.08 Å².